The number of hydrogen-bond donors (Lipinski definition) is 3. The maximum Gasteiger partial charge on any atom is 0.119 e. The highest BCUT2D eigenvalue weighted by Crippen LogP contribution is 2.66. The Labute approximate surface area is 694 Å². The summed E-state index contributed by atoms with van der Waals surface area (Å²) >= 11 is 0. The van der Waals surface area contributed by atoms with E-state index in [2.05, 4.69) is 276 Å². The van der Waals surface area contributed by atoms with Crippen molar-refractivity contribution in [2.75, 3.05) is 39.3 Å². The number of likely N-dealkylation sites (tertiary alicyclic amines) is 3. The molecule has 10 heteroatoms. The molecule has 8 atom stereocenters. The van der Waals surface area contributed by atoms with Gasteiger partial charge in [-0.1, -0.05) is 187 Å². The van der Waals surface area contributed by atoms with Gasteiger partial charge in [-0.3, -0.25) is 14.7 Å². The molecule has 8 aliphatic carbocycles. The molecule has 3 saturated heterocycles. The molecule has 8 bridgehead atoms. The molecule has 3 N–H and O–H groups in total. The molecule has 6 aromatic carbocycles. The molecule has 8 saturated carbocycles. The van der Waals surface area contributed by atoms with Crippen LogP contribution in [-0.4, -0.2) is 125 Å². The van der Waals surface area contributed by atoms with Gasteiger partial charge in [-0.2, -0.15) is 0 Å². The maximum atomic E-state index is 10.8. The van der Waals surface area contributed by atoms with Gasteiger partial charge in [-0.15, -0.1) is 0 Å². The molecule has 11 aliphatic rings. The first kappa shape index (κ1) is 89.4. The van der Waals surface area contributed by atoms with Crippen LogP contribution in [0.5, 0.6) is 11.5 Å². The molecule has 0 spiro atoms. The number of hydrogen-bond acceptors (Lipinski definition) is 10. The van der Waals surface area contributed by atoms with Crippen LogP contribution in [0.3, 0.4) is 0 Å². The highest BCUT2D eigenvalue weighted by Gasteiger charge is 2.60. The number of ether oxygens (including phenoxy) is 4. The van der Waals surface area contributed by atoms with Gasteiger partial charge in [0, 0.05) is 41.3 Å². The van der Waals surface area contributed by atoms with Crippen LogP contribution in [0.4, 0.5) is 0 Å². The number of piperidine rings is 3. The number of aliphatic hydroxyl groups is 1. The Hall–Kier alpha value is -5.40. The Morgan fingerprint density at radius 3 is 1.00 bits per heavy atom. The van der Waals surface area contributed by atoms with Crippen molar-refractivity contribution in [2.24, 2.45) is 52.3 Å². The van der Waals surface area contributed by atoms with Crippen molar-refractivity contribution in [1.82, 2.24) is 25.3 Å². The lowest BCUT2D eigenvalue weighted by Gasteiger charge is -2.66. The average Bonchev–Trinajstić information content (AvgIpc) is 0.711. The lowest BCUT2D eigenvalue weighted by molar-refractivity contribution is -0.119. The number of rotatable bonds is 27. The van der Waals surface area contributed by atoms with E-state index in [4.69, 9.17) is 18.9 Å². The molecule has 3 aliphatic heterocycles. The first-order valence-electron chi connectivity index (χ1n) is 45.9. The normalized spacial score (nSPS) is 27.4. The Bertz CT molecular complexity index is 3650. The predicted octanol–water partition coefficient (Wildman–Crippen LogP) is 23.6. The minimum Gasteiger partial charge on any atom is -0.491 e. The van der Waals surface area contributed by atoms with Crippen LogP contribution in [0.25, 0.3) is 0 Å². The van der Waals surface area contributed by atoms with E-state index in [1.165, 1.54) is 162 Å². The van der Waals surface area contributed by atoms with Gasteiger partial charge in [0.15, 0.2) is 0 Å². The third kappa shape index (κ3) is 26.3. The van der Waals surface area contributed by atoms with Crippen LogP contribution in [-0.2, 0) is 28.7 Å². The van der Waals surface area contributed by atoms with E-state index in [9.17, 15) is 5.11 Å². The zero-order valence-corrected chi connectivity index (χ0v) is 74.6. The zero-order valence-electron chi connectivity index (χ0n) is 74.6. The summed E-state index contributed by atoms with van der Waals surface area (Å²) in [5.41, 5.74) is 11.5. The number of nitrogens with one attached hydrogen (secondary N) is 2. The van der Waals surface area contributed by atoms with Crippen LogP contribution in [0, 0.1) is 59.2 Å². The lowest BCUT2D eigenvalue weighted by atomic mass is 9.42. The number of aliphatic hydroxyl groups excluding tert-OH is 1. The van der Waals surface area contributed by atoms with Gasteiger partial charge < -0.3 is 34.7 Å². The number of aryl methyl sites for hydroxylation is 1. The molecule has 3 heterocycles. The van der Waals surface area contributed by atoms with Gasteiger partial charge in [0.1, 0.15) is 11.5 Å². The van der Waals surface area contributed by atoms with Gasteiger partial charge in [0.2, 0.25) is 0 Å². The van der Waals surface area contributed by atoms with Crippen LogP contribution in [0.2, 0.25) is 0 Å². The third-order valence-electron chi connectivity index (χ3n) is 27.4. The Balaban J connectivity index is 0.000000144. The minimum absolute atomic E-state index is 0.0729. The van der Waals surface area contributed by atoms with Crippen molar-refractivity contribution >= 4 is 0 Å². The molecular formula is C104H157N5O5. The summed E-state index contributed by atoms with van der Waals surface area (Å²) in [6.45, 7) is 46.7. The monoisotopic (exact) mass is 1560 g/mol. The fourth-order valence-electron chi connectivity index (χ4n) is 23.8. The van der Waals surface area contributed by atoms with E-state index in [1.807, 2.05) is 38.1 Å². The molecule has 0 radical (unpaired) electrons. The van der Waals surface area contributed by atoms with Crippen molar-refractivity contribution in [1.29, 1.82) is 0 Å². The van der Waals surface area contributed by atoms with E-state index < -0.39 is 6.10 Å². The van der Waals surface area contributed by atoms with Crippen molar-refractivity contribution in [3.05, 3.63) is 203 Å². The van der Waals surface area contributed by atoms with Crippen LogP contribution < -0.4 is 20.1 Å². The van der Waals surface area contributed by atoms with E-state index in [0.717, 1.165) is 84.7 Å². The van der Waals surface area contributed by atoms with Gasteiger partial charge in [0.25, 0.3) is 0 Å². The van der Waals surface area contributed by atoms with E-state index in [0.29, 0.717) is 46.1 Å². The smallest absolute Gasteiger partial charge is 0.119 e. The Morgan fingerprint density at radius 1 is 0.360 bits per heavy atom. The quantitative estimate of drug-likeness (QED) is 0.0463. The number of benzene rings is 6. The molecule has 0 amide bonds. The standard InChI is InChI=1S/C27H39NO2.C25H35NO.C24H33NO2.C15H27N.C13H23N/c1-20(2)29-26-13-11-25(12-14-26)27(30-21(3)4)22(5)28-17-15-24(16-18-28)19-23-9-7-6-8-10-23;1-19(2)27-25(24-12-10-20(3)11-13-24)21(4)26-16-14-23(15-17-26)18-22-8-6-5-7-9-22;1-18(2)27-23-11-9-22(10-12-23)24(26)19(3)25-15-13-21(14-16-25)17-20-7-5-4-6-8-20;1-11(2)16-15-7-12-5-13(3,9-15)8-14(4,6-12)10-15;1-9(2)14-13-6-10-3-11(7-13)5-12(4-10)8-13/h6-14,20-22,24,27H,15-19H2,1-5H3;5-13,19,21,23,25H,14-18H2,1-4H3;4-12,18-19,21,24,26H,13-17H2,1-3H3;11-12,16H,5-10H2,1-4H3;9-12,14H,3-8H2,1-2H3. The fraction of sp³-hybridized carbons (Fsp3) is 0.654. The summed E-state index contributed by atoms with van der Waals surface area (Å²) in [4.78, 5) is 7.69. The SMILES string of the molecule is CC(C)NC12CC3CC(C)(CC(C)(C3)C1)C2.CC(C)NC12CC3CC(CC(C3)C1)C2.CC(C)Oc1ccc(C(O)C(C)N2CCC(Cc3ccccc3)CC2)cc1.CC(C)Oc1ccc(C(OC(C)C)C(C)N2CCC(Cc3ccccc3)CC2)cc1.Cc1ccc(C(OC(C)C)C(C)N2CCC(Cc3ccccc3)CC2)cc1. The second-order valence-corrected chi connectivity index (χ2v) is 40.5. The molecule has 6 aromatic rings. The van der Waals surface area contributed by atoms with Crippen LogP contribution in [0.1, 0.15) is 291 Å². The highest BCUT2D eigenvalue weighted by molar-refractivity contribution is 5.32. The first-order chi connectivity index (χ1) is 54.4. The molecule has 11 fully saturated rings. The summed E-state index contributed by atoms with van der Waals surface area (Å²) in [7, 11) is 0. The number of nitrogens with zero attached hydrogens (tertiary/aromatic N) is 3. The van der Waals surface area contributed by atoms with Crippen molar-refractivity contribution < 1.29 is 24.1 Å². The van der Waals surface area contributed by atoms with Crippen LogP contribution >= 0.6 is 0 Å². The Morgan fingerprint density at radius 2 is 0.675 bits per heavy atom. The second kappa shape index (κ2) is 41.5. The molecule has 8 unspecified atom stereocenters. The highest BCUT2D eigenvalue weighted by atomic mass is 16.5. The molecule has 628 valence electrons. The third-order valence-corrected chi connectivity index (χ3v) is 27.4. The zero-order chi connectivity index (χ0) is 81.3. The predicted molar refractivity (Wildman–Crippen MR) is 478 cm³/mol. The van der Waals surface area contributed by atoms with Crippen molar-refractivity contribution in [3.8, 4) is 11.5 Å². The second-order valence-electron chi connectivity index (χ2n) is 40.5. The van der Waals surface area contributed by atoms with Gasteiger partial charge in [0.05, 0.1) is 42.7 Å². The van der Waals surface area contributed by atoms with Gasteiger partial charge >= 0.3 is 0 Å². The summed E-state index contributed by atoms with van der Waals surface area (Å²) in [6.07, 6.45) is 29.5. The lowest BCUT2D eigenvalue weighted by Crippen LogP contribution is -2.65. The summed E-state index contributed by atoms with van der Waals surface area (Å²) in [5.74, 6) is 8.36. The van der Waals surface area contributed by atoms with E-state index >= 15 is 0 Å². The molecule has 114 heavy (non-hydrogen) atoms. The summed E-state index contributed by atoms with van der Waals surface area (Å²) in [6, 6.07) is 60.1. The maximum absolute atomic E-state index is 10.8. The minimum atomic E-state index is -0.469. The molecule has 0 aromatic heterocycles. The fourth-order valence-corrected chi connectivity index (χ4v) is 23.8. The average molecular weight is 1560 g/mol. The topological polar surface area (TPSA) is 90.9 Å². The Kier molecular flexibility index (Phi) is 32.6. The largest absolute Gasteiger partial charge is 0.491 e. The first-order valence-corrected chi connectivity index (χ1v) is 45.9. The van der Waals surface area contributed by atoms with Crippen molar-refractivity contribution in [3.63, 3.8) is 0 Å². The molecular weight excluding hydrogens is 1400 g/mol. The van der Waals surface area contributed by atoms with Gasteiger partial charge in [-0.05, 0) is 367 Å². The summed E-state index contributed by atoms with van der Waals surface area (Å²) in [5, 5.41) is 18.7. The van der Waals surface area contributed by atoms with Gasteiger partial charge in [-0.25, -0.2) is 0 Å². The van der Waals surface area contributed by atoms with E-state index in [-0.39, 0.29) is 42.7 Å². The van der Waals surface area contributed by atoms with Crippen molar-refractivity contribution in [2.45, 2.75) is 343 Å². The van der Waals surface area contributed by atoms with E-state index in [1.54, 1.807) is 19.3 Å². The summed E-state index contributed by atoms with van der Waals surface area (Å²) < 4.78 is 24.3. The molecule has 10 nitrogen and oxygen atoms in total. The molecule has 17 rings (SSSR count). The van der Waals surface area contributed by atoms with Crippen LogP contribution in [0.15, 0.2) is 164 Å².